The molecule has 2 aromatic rings. The Kier molecular flexibility index (Phi) is 10.9. The third-order valence-electron chi connectivity index (χ3n) is 4.54. The SMILES string of the molecule is C=O.CC(C)(C)CC(=O)N1CCC(O)C1.CNCc1ccc(-c2scnc2C)cc1. The van der Waals surface area contributed by atoms with Crippen LogP contribution in [-0.4, -0.2) is 53.9 Å². The number of nitrogens with one attached hydrogen (secondary N) is 1. The highest BCUT2D eigenvalue weighted by Gasteiger charge is 2.27. The van der Waals surface area contributed by atoms with Crippen LogP contribution in [0.3, 0.4) is 0 Å². The van der Waals surface area contributed by atoms with Crippen LogP contribution in [0, 0.1) is 12.3 Å². The predicted octanol–water partition coefficient (Wildman–Crippen LogP) is 3.67. The van der Waals surface area contributed by atoms with Crippen molar-refractivity contribution in [1.29, 1.82) is 0 Å². The van der Waals surface area contributed by atoms with Crippen LogP contribution in [0.25, 0.3) is 10.4 Å². The second kappa shape index (κ2) is 12.6. The molecule has 0 aliphatic carbocycles. The summed E-state index contributed by atoms with van der Waals surface area (Å²) in [6, 6.07) is 8.64. The number of hydrogen-bond donors (Lipinski definition) is 2. The van der Waals surface area contributed by atoms with Crippen molar-refractivity contribution in [3.05, 3.63) is 41.0 Å². The Balaban J connectivity index is 0.000000280. The van der Waals surface area contributed by atoms with E-state index in [9.17, 15) is 9.90 Å². The molecule has 2 N–H and O–H groups in total. The minimum absolute atomic E-state index is 0.0463. The number of carbonyl (C=O) groups excluding carboxylic acids is 2. The van der Waals surface area contributed by atoms with E-state index in [-0.39, 0.29) is 17.4 Å². The van der Waals surface area contributed by atoms with E-state index in [2.05, 4.69) is 55.3 Å². The number of likely N-dealkylation sites (tertiary alicyclic amines) is 1. The number of nitrogens with zero attached hydrogens (tertiary/aromatic N) is 2. The first-order chi connectivity index (χ1) is 14.2. The maximum atomic E-state index is 11.6. The van der Waals surface area contributed by atoms with E-state index in [0.717, 1.165) is 25.2 Å². The van der Waals surface area contributed by atoms with Gasteiger partial charge in [-0.15, -0.1) is 11.3 Å². The van der Waals surface area contributed by atoms with Crippen molar-refractivity contribution >= 4 is 24.0 Å². The van der Waals surface area contributed by atoms with Crippen LogP contribution >= 0.6 is 11.3 Å². The molecule has 1 unspecified atom stereocenters. The Bertz CT molecular complexity index is 769. The highest BCUT2D eigenvalue weighted by atomic mass is 32.1. The number of amides is 1. The van der Waals surface area contributed by atoms with Gasteiger partial charge in [0, 0.05) is 26.1 Å². The fourth-order valence-electron chi connectivity index (χ4n) is 3.09. The summed E-state index contributed by atoms with van der Waals surface area (Å²) in [5.74, 6) is 0.170. The third kappa shape index (κ3) is 8.73. The van der Waals surface area contributed by atoms with Crippen molar-refractivity contribution in [2.24, 2.45) is 5.41 Å². The zero-order valence-electron chi connectivity index (χ0n) is 18.8. The van der Waals surface area contributed by atoms with E-state index < -0.39 is 0 Å². The molecule has 0 saturated carbocycles. The summed E-state index contributed by atoms with van der Waals surface area (Å²) < 4.78 is 0. The molecule has 1 atom stereocenters. The molecule has 1 aliphatic rings. The molecule has 1 fully saturated rings. The van der Waals surface area contributed by atoms with E-state index >= 15 is 0 Å². The molecule has 2 heterocycles. The predicted molar refractivity (Wildman–Crippen MR) is 123 cm³/mol. The lowest BCUT2D eigenvalue weighted by Gasteiger charge is -2.22. The Morgan fingerprint density at radius 1 is 1.30 bits per heavy atom. The van der Waals surface area contributed by atoms with Gasteiger partial charge in [-0.1, -0.05) is 45.0 Å². The van der Waals surface area contributed by atoms with Crippen molar-refractivity contribution in [1.82, 2.24) is 15.2 Å². The Morgan fingerprint density at radius 3 is 2.37 bits per heavy atom. The lowest BCUT2D eigenvalue weighted by atomic mass is 9.92. The summed E-state index contributed by atoms with van der Waals surface area (Å²) in [6.07, 6.45) is 0.999. The van der Waals surface area contributed by atoms with Gasteiger partial charge >= 0.3 is 0 Å². The summed E-state index contributed by atoms with van der Waals surface area (Å²) >= 11 is 1.70. The van der Waals surface area contributed by atoms with Gasteiger partial charge in [0.15, 0.2) is 0 Å². The van der Waals surface area contributed by atoms with Crippen molar-refractivity contribution < 1.29 is 14.7 Å². The Morgan fingerprint density at radius 2 is 1.93 bits per heavy atom. The lowest BCUT2D eigenvalue weighted by Crippen LogP contribution is -2.32. The van der Waals surface area contributed by atoms with Gasteiger partial charge in [0.05, 0.1) is 22.2 Å². The van der Waals surface area contributed by atoms with Crippen molar-refractivity contribution in [2.45, 2.75) is 53.2 Å². The van der Waals surface area contributed by atoms with Crippen molar-refractivity contribution in [3.63, 3.8) is 0 Å². The summed E-state index contributed by atoms with van der Waals surface area (Å²) in [5.41, 5.74) is 5.62. The fraction of sp³-hybridized carbons (Fsp3) is 0.522. The van der Waals surface area contributed by atoms with Gasteiger partial charge < -0.3 is 20.1 Å². The molecule has 1 amide bonds. The number of benzene rings is 1. The van der Waals surface area contributed by atoms with Gasteiger partial charge in [-0.25, -0.2) is 4.98 Å². The molecule has 1 saturated heterocycles. The molecule has 30 heavy (non-hydrogen) atoms. The van der Waals surface area contributed by atoms with Gasteiger partial charge in [0.1, 0.15) is 6.79 Å². The molecule has 6 nitrogen and oxygen atoms in total. The third-order valence-corrected chi connectivity index (χ3v) is 5.52. The van der Waals surface area contributed by atoms with Crippen LogP contribution in [0.15, 0.2) is 29.8 Å². The molecule has 7 heteroatoms. The summed E-state index contributed by atoms with van der Waals surface area (Å²) in [4.78, 5) is 26.9. The zero-order valence-corrected chi connectivity index (χ0v) is 19.6. The normalized spacial score (nSPS) is 15.7. The Hall–Kier alpha value is -2.09. The standard InChI is InChI=1S/C12H14N2S.C10H19NO2.CH2O/c1-9-12(15-8-14-9)11-5-3-10(4-6-11)7-13-2;1-10(2,3)6-9(13)11-5-4-8(12)7-11;1-2/h3-6,8,13H,7H2,1-2H3;8,12H,4-7H2,1-3H3;1H2. The minimum atomic E-state index is -0.302. The molecular weight excluding hydrogens is 398 g/mol. The number of carbonyl (C=O) groups is 2. The molecule has 0 radical (unpaired) electrons. The lowest BCUT2D eigenvalue weighted by molar-refractivity contribution is -0.132. The average Bonchev–Trinajstić information content (AvgIpc) is 3.32. The molecule has 1 aliphatic heterocycles. The zero-order chi connectivity index (χ0) is 22.7. The first-order valence-corrected chi connectivity index (χ1v) is 11.0. The van der Waals surface area contributed by atoms with E-state index in [4.69, 9.17) is 4.79 Å². The quantitative estimate of drug-likeness (QED) is 0.769. The van der Waals surface area contributed by atoms with Crippen molar-refractivity contribution in [3.8, 4) is 10.4 Å². The summed E-state index contributed by atoms with van der Waals surface area (Å²) in [5, 5.41) is 12.4. The summed E-state index contributed by atoms with van der Waals surface area (Å²) in [7, 11) is 1.96. The second-order valence-electron chi connectivity index (χ2n) is 8.51. The van der Waals surface area contributed by atoms with Crippen LogP contribution in [0.1, 0.15) is 44.9 Å². The van der Waals surface area contributed by atoms with E-state index in [1.54, 1.807) is 16.2 Å². The molecule has 0 bridgehead atoms. The monoisotopic (exact) mass is 433 g/mol. The van der Waals surface area contributed by atoms with Gasteiger partial charge in [0.2, 0.25) is 5.91 Å². The van der Waals surface area contributed by atoms with Crippen molar-refractivity contribution in [2.75, 3.05) is 20.1 Å². The molecule has 166 valence electrons. The van der Waals surface area contributed by atoms with Gasteiger partial charge in [-0.2, -0.15) is 0 Å². The van der Waals surface area contributed by atoms with Gasteiger partial charge in [-0.05, 0) is 36.9 Å². The van der Waals surface area contributed by atoms with Crippen LogP contribution in [0.4, 0.5) is 0 Å². The number of aliphatic hydroxyl groups excluding tert-OH is 1. The average molecular weight is 434 g/mol. The molecule has 1 aromatic carbocycles. The number of aryl methyl sites for hydroxylation is 1. The molecule has 1 aromatic heterocycles. The fourth-order valence-corrected chi connectivity index (χ4v) is 3.90. The number of aromatic nitrogens is 1. The Labute approximate surface area is 184 Å². The maximum absolute atomic E-state index is 11.6. The van der Waals surface area contributed by atoms with E-state index in [1.165, 1.54) is 16.0 Å². The highest BCUT2D eigenvalue weighted by molar-refractivity contribution is 7.13. The largest absolute Gasteiger partial charge is 0.391 e. The molecule has 3 rings (SSSR count). The van der Waals surface area contributed by atoms with E-state index in [0.29, 0.717) is 13.0 Å². The molecule has 0 spiro atoms. The molecular formula is C23H35N3O3S. The van der Waals surface area contributed by atoms with Crippen LogP contribution in [0.5, 0.6) is 0 Å². The first-order valence-electron chi connectivity index (χ1n) is 10.1. The number of rotatable bonds is 4. The van der Waals surface area contributed by atoms with Crippen LogP contribution in [0.2, 0.25) is 0 Å². The number of aliphatic hydroxyl groups is 1. The van der Waals surface area contributed by atoms with E-state index in [1.807, 2.05) is 26.3 Å². The van der Waals surface area contributed by atoms with Gasteiger partial charge in [0.25, 0.3) is 0 Å². The topological polar surface area (TPSA) is 82.5 Å². The van der Waals surface area contributed by atoms with Crippen LogP contribution < -0.4 is 5.32 Å². The maximum Gasteiger partial charge on any atom is 0.223 e. The highest BCUT2D eigenvalue weighted by Crippen LogP contribution is 2.27. The second-order valence-corrected chi connectivity index (χ2v) is 9.37. The first kappa shape index (κ1) is 25.9. The number of β-amino-alcohol motifs (C(OH)–C–C–N with tert-alkyl or cyclic N) is 1. The van der Waals surface area contributed by atoms with Gasteiger partial charge in [-0.3, -0.25) is 4.79 Å². The number of hydrogen-bond acceptors (Lipinski definition) is 6. The van der Waals surface area contributed by atoms with Crippen LogP contribution in [-0.2, 0) is 16.1 Å². The smallest absolute Gasteiger partial charge is 0.223 e. The summed E-state index contributed by atoms with van der Waals surface area (Å²) in [6.45, 7) is 12.4. The number of thiazole rings is 1. The minimum Gasteiger partial charge on any atom is -0.391 e.